The molecule has 0 unspecified atom stereocenters. The van der Waals surface area contributed by atoms with Gasteiger partial charge in [0.05, 0.1) is 0 Å². The largest absolute Gasteiger partial charge is 0.305 e. The molecule has 1 amide bonds. The number of carbonyl (C=O) groups is 1. The average Bonchev–Trinajstić information content (AvgIpc) is 2.35. The summed E-state index contributed by atoms with van der Waals surface area (Å²) in [5.41, 5.74) is 0.933. The fraction of sp³-hybridized carbons (Fsp3) is 0.0833. The fourth-order valence-electron chi connectivity index (χ4n) is 1.41. The Morgan fingerprint density at radius 1 is 1.28 bits per heavy atom. The van der Waals surface area contributed by atoms with Gasteiger partial charge in [-0.3, -0.25) is 4.79 Å². The van der Waals surface area contributed by atoms with Crippen LogP contribution in [-0.4, -0.2) is 16.1 Å². The van der Waals surface area contributed by atoms with E-state index in [-0.39, 0.29) is 16.5 Å². The van der Waals surface area contributed by atoms with Gasteiger partial charge in [-0.05, 0) is 36.8 Å². The molecule has 0 spiro atoms. The molecule has 0 radical (unpaired) electrons. The van der Waals surface area contributed by atoms with E-state index < -0.39 is 11.7 Å². The van der Waals surface area contributed by atoms with Crippen LogP contribution in [0.4, 0.5) is 10.2 Å². The molecule has 1 heterocycles. The van der Waals surface area contributed by atoms with E-state index in [0.717, 1.165) is 0 Å². The van der Waals surface area contributed by atoms with Crippen LogP contribution in [0, 0.1) is 12.7 Å². The van der Waals surface area contributed by atoms with Crippen molar-refractivity contribution < 1.29 is 9.18 Å². The van der Waals surface area contributed by atoms with Crippen molar-refractivity contribution in [2.24, 2.45) is 0 Å². The molecule has 6 heteroatoms. The minimum atomic E-state index is -0.465. The molecule has 0 saturated heterocycles. The lowest BCUT2D eigenvalue weighted by molar-refractivity contribution is 0.102. The number of halogens is 2. The molecule has 0 saturated carbocycles. The quantitative estimate of drug-likeness (QED) is 0.908. The Morgan fingerprint density at radius 2 is 2.06 bits per heavy atom. The van der Waals surface area contributed by atoms with E-state index in [1.54, 1.807) is 6.92 Å². The molecule has 92 valence electrons. The Hall–Kier alpha value is -2.01. The second kappa shape index (κ2) is 5.10. The van der Waals surface area contributed by atoms with E-state index in [2.05, 4.69) is 15.5 Å². The van der Waals surface area contributed by atoms with E-state index in [4.69, 9.17) is 11.6 Å². The molecule has 0 bridgehead atoms. The molecule has 0 atom stereocenters. The third-order valence-electron chi connectivity index (χ3n) is 2.32. The van der Waals surface area contributed by atoms with E-state index in [0.29, 0.717) is 5.56 Å². The molecule has 18 heavy (non-hydrogen) atoms. The number of carbonyl (C=O) groups excluding carboxylic acids is 1. The maximum Gasteiger partial charge on any atom is 0.257 e. The molecule has 0 aliphatic rings. The summed E-state index contributed by atoms with van der Waals surface area (Å²) in [6.07, 6.45) is 0. The molecular weight excluding hydrogens is 257 g/mol. The highest BCUT2D eigenvalue weighted by atomic mass is 35.5. The van der Waals surface area contributed by atoms with Crippen LogP contribution in [0.15, 0.2) is 30.3 Å². The Balaban J connectivity index is 2.21. The third-order valence-corrected chi connectivity index (χ3v) is 2.52. The van der Waals surface area contributed by atoms with Gasteiger partial charge in [-0.15, -0.1) is 10.2 Å². The number of nitrogens with one attached hydrogen (secondary N) is 1. The molecule has 0 aliphatic heterocycles. The lowest BCUT2D eigenvalue weighted by Crippen LogP contribution is -2.14. The van der Waals surface area contributed by atoms with Crippen LogP contribution in [0.25, 0.3) is 0 Å². The lowest BCUT2D eigenvalue weighted by atomic mass is 10.1. The summed E-state index contributed by atoms with van der Waals surface area (Å²) in [6, 6.07) is 7.03. The SMILES string of the molecule is Cc1ccc(F)cc1C(=O)Nc1ccc(Cl)nn1. The Labute approximate surface area is 108 Å². The van der Waals surface area contributed by atoms with E-state index >= 15 is 0 Å². The van der Waals surface area contributed by atoms with Crippen LogP contribution in [0.5, 0.6) is 0 Å². The first kappa shape index (κ1) is 12.4. The van der Waals surface area contributed by atoms with Gasteiger partial charge in [0.25, 0.3) is 5.91 Å². The number of rotatable bonds is 2. The van der Waals surface area contributed by atoms with Crippen LogP contribution in [0.1, 0.15) is 15.9 Å². The van der Waals surface area contributed by atoms with Crippen molar-refractivity contribution in [3.63, 3.8) is 0 Å². The van der Waals surface area contributed by atoms with Crippen molar-refractivity contribution in [1.29, 1.82) is 0 Å². The highest BCUT2D eigenvalue weighted by Gasteiger charge is 2.11. The van der Waals surface area contributed by atoms with Gasteiger partial charge in [-0.2, -0.15) is 0 Å². The lowest BCUT2D eigenvalue weighted by Gasteiger charge is -2.06. The normalized spacial score (nSPS) is 10.2. The smallest absolute Gasteiger partial charge is 0.257 e. The summed E-state index contributed by atoms with van der Waals surface area (Å²) in [7, 11) is 0. The Bertz CT molecular complexity index is 586. The van der Waals surface area contributed by atoms with E-state index in [1.807, 2.05) is 0 Å². The first-order valence-electron chi connectivity index (χ1n) is 5.13. The molecule has 2 aromatic rings. The van der Waals surface area contributed by atoms with Crippen LogP contribution in [0.2, 0.25) is 5.15 Å². The van der Waals surface area contributed by atoms with Crippen molar-refractivity contribution in [3.8, 4) is 0 Å². The third kappa shape index (κ3) is 2.81. The molecule has 2 rings (SSSR count). The summed E-state index contributed by atoms with van der Waals surface area (Å²) in [5.74, 6) is -0.648. The molecule has 0 fully saturated rings. The van der Waals surface area contributed by atoms with Gasteiger partial charge < -0.3 is 5.32 Å². The minimum Gasteiger partial charge on any atom is -0.305 e. The second-order valence-electron chi connectivity index (χ2n) is 3.65. The maximum absolute atomic E-state index is 13.1. The second-order valence-corrected chi connectivity index (χ2v) is 4.04. The van der Waals surface area contributed by atoms with Gasteiger partial charge in [-0.1, -0.05) is 17.7 Å². The predicted molar refractivity (Wildman–Crippen MR) is 66.1 cm³/mol. The van der Waals surface area contributed by atoms with Gasteiger partial charge in [0, 0.05) is 5.56 Å². The first-order valence-corrected chi connectivity index (χ1v) is 5.51. The number of hydrogen-bond donors (Lipinski definition) is 1. The van der Waals surface area contributed by atoms with Crippen LogP contribution in [0.3, 0.4) is 0 Å². The summed E-state index contributed by atoms with van der Waals surface area (Å²) in [6.45, 7) is 1.72. The van der Waals surface area contributed by atoms with Crippen LogP contribution in [-0.2, 0) is 0 Å². The summed E-state index contributed by atoms with van der Waals surface area (Å²) < 4.78 is 13.1. The van der Waals surface area contributed by atoms with Gasteiger partial charge >= 0.3 is 0 Å². The van der Waals surface area contributed by atoms with Crippen LogP contribution >= 0.6 is 11.6 Å². The van der Waals surface area contributed by atoms with Crippen molar-refractivity contribution in [1.82, 2.24) is 10.2 Å². The number of aryl methyl sites for hydroxylation is 1. The average molecular weight is 266 g/mol. The number of hydrogen-bond acceptors (Lipinski definition) is 3. The standard InChI is InChI=1S/C12H9ClFN3O/c1-7-2-3-8(14)6-9(7)12(18)15-11-5-4-10(13)16-17-11/h2-6H,1H3,(H,15,17,18). The van der Waals surface area contributed by atoms with Gasteiger partial charge in [-0.25, -0.2) is 4.39 Å². The number of aromatic nitrogens is 2. The van der Waals surface area contributed by atoms with Crippen LogP contribution < -0.4 is 5.32 Å². The molecule has 1 aromatic carbocycles. The molecule has 1 N–H and O–H groups in total. The zero-order valence-corrected chi connectivity index (χ0v) is 10.2. The number of benzene rings is 1. The highest BCUT2D eigenvalue weighted by molar-refractivity contribution is 6.29. The summed E-state index contributed by atoms with van der Waals surface area (Å²) >= 11 is 5.58. The molecule has 4 nitrogen and oxygen atoms in total. The Morgan fingerprint density at radius 3 is 2.72 bits per heavy atom. The maximum atomic E-state index is 13.1. The molecule has 0 aliphatic carbocycles. The minimum absolute atomic E-state index is 0.231. The fourth-order valence-corrected chi connectivity index (χ4v) is 1.51. The first-order chi connectivity index (χ1) is 8.56. The summed E-state index contributed by atoms with van der Waals surface area (Å²) in [4.78, 5) is 11.9. The van der Waals surface area contributed by atoms with Gasteiger partial charge in [0.15, 0.2) is 11.0 Å². The number of nitrogens with zero attached hydrogens (tertiary/aromatic N) is 2. The van der Waals surface area contributed by atoms with Gasteiger partial charge in [0.2, 0.25) is 0 Å². The van der Waals surface area contributed by atoms with Crippen molar-refractivity contribution in [2.45, 2.75) is 6.92 Å². The monoisotopic (exact) mass is 265 g/mol. The highest BCUT2D eigenvalue weighted by Crippen LogP contribution is 2.13. The molecule has 1 aromatic heterocycles. The van der Waals surface area contributed by atoms with Crippen molar-refractivity contribution >= 4 is 23.3 Å². The number of amides is 1. The predicted octanol–water partition coefficient (Wildman–Crippen LogP) is 2.83. The van der Waals surface area contributed by atoms with E-state index in [1.165, 1.54) is 30.3 Å². The van der Waals surface area contributed by atoms with E-state index in [9.17, 15) is 9.18 Å². The number of anilines is 1. The topological polar surface area (TPSA) is 54.9 Å². The van der Waals surface area contributed by atoms with Crippen molar-refractivity contribution in [2.75, 3.05) is 5.32 Å². The Kier molecular flexibility index (Phi) is 3.53. The van der Waals surface area contributed by atoms with Gasteiger partial charge in [0.1, 0.15) is 5.82 Å². The zero-order chi connectivity index (χ0) is 13.1. The molecular formula is C12H9ClFN3O. The zero-order valence-electron chi connectivity index (χ0n) is 9.45. The summed E-state index contributed by atoms with van der Waals surface area (Å²) in [5, 5.41) is 10.0. The van der Waals surface area contributed by atoms with Crippen molar-refractivity contribution in [3.05, 3.63) is 52.4 Å².